The van der Waals surface area contributed by atoms with E-state index >= 15 is 0 Å². The lowest BCUT2D eigenvalue weighted by Gasteiger charge is -2.21. The second-order valence-electron chi connectivity index (χ2n) is 4.42. The molecule has 0 radical (unpaired) electrons. The van der Waals surface area contributed by atoms with Crippen LogP contribution in [-0.4, -0.2) is 17.3 Å². The molecule has 1 heterocycles. The summed E-state index contributed by atoms with van der Waals surface area (Å²) in [5.41, 5.74) is 0. The van der Waals surface area contributed by atoms with E-state index in [1.54, 1.807) is 11.3 Å². The van der Waals surface area contributed by atoms with E-state index < -0.39 is 0 Å². The highest BCUT2D eigenvalue weighted by Crippen LogP contribution is 2.18. The highest BCUT2D eigenvalue weighted by atomic mass is 79.9. The molecule has 0 saturated carbocycles. The van der Waals surface area contributed by atoms with Gasteiger partial charge >= 0.3 is 0 Å². The van der Waals surface area contributed by atoms with Crippen LogP contribution in [0.1, 0.15) is 41.7 Å². The summed E-state index contributed by atoms with van der Waals surface area (Å²) in [5, 5.41) is 4.03. The molecule has 0 aliphatic carbocycles. The van der Waals surface area contributed by atoms with Gasteiger partial charge in [-0.3, -0.25) is 4.79 Å². The average Bonchev–Trinajstić information content (AvgIpc) is 2.76. The van der Waals surface area contributed by atoms with Gasteiger partial charge in [0.05, 0.1) is 4.88 Å². The number of hydrogen-bond donors (Lipinski definition) is 1. The summed E-state index contributed by atoms with van der Waals surface area (Å²) in [6, 6.07) is 4.20. The van der Waals surface area contributed by atoms with Crippen molar-refractivity contribution in [2.24, 2.45) is 5.92 Å². The summed E-state index contributed by atoms with van der Waals surface area (Å²) in [6.07, 6.45) is 1.96. The molecule has 1 aromatic rings. The summed E-state index contributed by atoms with van der Waals surface area (Å²) in [4.78, 5) is 14.1. The van der Waals surface area contributed by atoms with Gasteiger partial charge in [-0.25, -0.2) is 0 Å². The van der Waals surface area contributed by atoms with Crippen molar-refractivity contribution >= 4 is 33.2 Å². The molecule has 0 aliphatic heterocycles. The molecule has 96 valence electrons. The molecule has 0 bridgehead atoms. The Morgan fingerprint density at radius 1 is 1.47 bits per heavy atom. The molecule has 1 amide bonds. The smallest absolute Gasteiger partial charge is 0.261 e. The highest BCUT2D eigenvalue weighted by molar-refractivity contribution is 9.09. The van der Waals surface area contributed by atoms with Gasteiger partial charge in [-0.15, -0.1) is 11.3 Å². The van der Waals surface area contributed by atoms with Gasteiger partial charge < -0.3 is 5.32 Å². The SMILES string of the molecule is CCc1ccc(C(=O)NC(CCBr)C(C)C)s1. The zero-order valence-electron chi connectivity index (χ0n) is 10.6. The van der Waals surface area contributed by atoms with Crippen LogP contribution in [0.4, 0.5) is 0 Å². The molecular weight excluding hydrogens is 298 g/mol. The Morgan fingerprint density at radius 3 is 2.65 bits per heavy atom. The van der Waals surface area contributed by atoms with Crippen LogP contribution in [0.15, 0.2) is 12.1 Å². The Labute approximate surface area is 116 Å². The van der Waals surface area contributed by atoms with Crippen molar-refractivity contribution in [3.05, 3.63) is 21.9 Å². The number of carbonyl (C=O) groups is 1. The predicted molar refractivity (Wildman–Crippen MR) is 78.2 cm³/mol. The maximum Gasteiger partial charge on any atom is 0.261 e. The van der Waals surface area contributed by atoms with Crippen LogP contribution in [0.25, 0.3) is 0 Å². The molecule has 1 unspecified atom stereocenters. The molecular formula is C13H20BrNOS. The van der Waals surface area contributed by atoms with Crippen LogP contribution < -0.4 is 5.32 Å². The number of alkyl halides is 1. The van der Waals surface area contributed by atoms with Gasteiger partial charge in [0.1, 0.15) is 0 Å². The van der Waals surface area contributed by atoms with E-state index in [0.717, 1.165) is 23.0 Å². The number of rotatable bonds is 6. The van der Waals surface area contributed by atoms with Crippen LogP contribution in [0, 0.1) is 5.92 Å². The number of thiophene rings is 1. The topological polar surface area (TPSA) is 29.1 Å². The van der Waals surface area contributed by atoms with Gasteiger partial charge in [-0.2, -0.15) is 0 Å². The fraction of sp³-hybridized carbons (Fsp3) is 0.615. The molecule has 1 N–H and O–H groups in total. The molecule has 0 saturated heterocycles. The van der Waals surface area contributed by atoms with E-state index in [1.807, 2.05) is 12.1 Å². The fourth-order valence-electron chi connectivity index (χ4n) is 1.62. The average molecular weight is 318 g/mol. The Balaban J connectivity index is 2.63. The minimum Gasteiger partial charge on any atom is -0.348 e. The van der Waals surface area contributed by atoms with Crippen molar-refractivity contribution in [3.63, 3.8) is 0 Å². The zero-order chi connectivity index (χ0) is 12.8. The number of nitrogens with one attached hydrogen (secondary N) is 1. The molecule has 2 nitrogen and oxygen atoms in total. The summed E-state index contributed by atoms with van der Waals surface area (Å²) >= 11 is 5.02. The minimum atomic E-state index is 0.0642. The molecule has 0 spiro atoms. The van der Waals surface area contributed by atoms with E-state index in [9.17, 15) is 4.79 Å². The van der Waals surface area contributed by atoms with Crippen LogP contribution >= 0.6 is 27.3 Å². The fourth-order valence-corrected chi connectivity index (χ4v) is 2.96. The van der Waals surface area contributed by atoms with Gasteiger partial charge in [0.15, 0.2) is 0 Å². The first-order valence-electron chi connectivity index (χ1n) is 6.04. The lowest BCUT2D eigenvalue weighted by atomic mass is 10.0. The second-order valence-corrected chi connectivity index (χ2v) is 6.38. The van der Waals surface area contributed by atoms with Gasteiger partial charge in [0, 0.05) is 16.2 Å². The first-order valence-corrected chi connectivity index (χ1v) is 7.97. The Bertz CT molecular complexity index is 362. The monoisotopic (exact) mass is 317 g/mol. The molecule has 0 fully saturated rings. The number of aryl methyl sites for hydroxylation is 1. The van der Waals surface area contributed by atoms with E-state index in [1.165, 1.54) is 4.88 Å². The number of halogens is 1. The summed E-state index contributed by atoms with van der Waals surface area (Å²) in [5.74, 6) is 0.524. The third kappa shape index (κ3) is 4.43. The lowest BCUT2D eigenvalue weighted by molar-refractivity contribution is 0.0929. The van der Waals surface area contributed by atoms with Crippen LogP contribution in [0.5, 0.6) is 0 Å². The maximum absolute atomic E-state index is 12.0. The first-order chi connectivity index (χ1) is 8.08. The lowest BCUT2D eigenvalue weighted by Crippen LogP contribution is -2.38. The predicted octanol–water partition coefficient (Wildman–Crippen LogP) is 3.85. The Morgan fingerprint density at radius 2 is 2.18 bits per heavy atom. The normalized spacial score (nSPS) is 12.8. The van der Waals surface area contributed by atoms with Crippen molar-refractivity contribution in [2.75, 3.05) is 5.33 Å². The molecule has 4 heteroatoms. The molecule has 1 aromatic heterocycles. The number of hydrogen-bond acceptors (Lipinski definition) is 2. The van der Waals surface area contributed by atoms with Crippen molar-refractivity contribution < 1.29 is 4.79 Å². The number of amides is 1. The third-order valence-corrected chi connectivity index (χ3v) is 4.46. The summed E-state index contributed by atoms with van der Waals surface area (Å²) in [7, 11) is 0. The van der Waals surface area contributed by atoms with Crippen LogP contribution in [-0.2, 0) is 6.42 Å². The molecule has 1 rings (SSSR count). The molecule has 0 aromatic carbocycles. The van der Waals surface area contributed by atoms with Crippen molar-refractivity contribution in [1.29, 1.82) is 0 Å². The summed E-state index contributed by atoms with van der Waals surface area (Å²) < 4.78 is 0. The standard InChI is InChI=1S/C13H20BrNOS/c1-4-10-5-6-12(17-10)13(16)15-11(7-8-14)9(2)3/h5-6,9,11H,4,7-8H2,1-3H3,(H,15,16). The molecule has 17 heavy (non-hydrogen) atoms. The van der Waals surface area contributed by atoms with Gasteiger partial charge in [0.2, 0.25) is 0 Å². The number of carbonyl (C=O) groups excluding carboxylic acids is 1. The van der Waals surface area contributed by atoms with E-state index in [4.69, 9.17) is 0 Å². The zero-order valence-corrected chi connectivity index (χ0v) is 13.0. The van der Waals surface area contributed by atoms with E-state index in [-0.39, 0.29) is 11.9 Å². The van der Waals surface area contributed by atoms with Crippen molar-refractivity contribution in [3.8, 4) is 0 Å². The van der Waals surface area contributed by atoms with Crippen LogP contribution in [0.2, 0.25) is 0 Å². The largest absolute Gasteiger partial charge is 0.348 e. The summed E-state index contributed by atoms with van der Waals surface area (Å²) in [6.45, 7) is 6.38. The highest BCUT2D eigenvalue weighted by Gasteiger charge is 2.17. The van der Waals surface area contributed by atoms with Crippen LogP contribution in [0.3, 0.4) is 0 Å². The maximum atomic E-state index is 12.0. The van der Waals surface area contributed by atoms with E-state index in [2.05, 4.69) is 42.0 Å². The van der Waals surface area contributed by atoms with Crippen molar-refractivity contribution in [2.45, 2.75) is 39.7 Å². The first kappa shape index (κ1) is 14.7. The second kappa shape index (κ2) is 7.17. The van der Waals surface area contributed by atoms with Gasteiger partial charge in [0.25, 0.3) is 5.91 Å². The molecule has 0 aliphatic rings. The quantitative estimate of drug-likeness (QED) is 0.793. The minimum absolute atomic E-state index is 0.0642. The van der Waals surface area contributed by atoms with Gasteiger partial charge in [-0.05, 0) is 30.9 Å². The van der Waals surface area contributed by atoms with Gasteiger partial charge in [-0.1, -0.05) is 36.7 Å². The molecule has 1 atom stereocenters. The Kier molecular flexibility index (Phi) is 6.20. The Hall–Kier alpha value is -0.350. The van der Waals surface area contributed by atoms with E-state index in [0.29, 0.717) is 5.92 Å². The van der Waals surface area contributed by atoms with Crippen molar-refractivity contribution in [1.82, 2.24) is 5.32 Å². The third-order valence-electron chi connectivity index (χ3n) is 2.78.